The molecule has 0 aliphatic carbocycles. The van der Waals surface area contributed by atoms with Crippen LogP contribution < -0.4 is 4.90 Å². The molecule has 0 N–H and O–H groups in total. The number of benzene rings is 1. The van der Waals surface area contributed by atoms with E-state index in [4.69, 9.17) is 0 Å². The maximum atomic E-state index is 13.8. The van der Waals surface area contributed by atoms with Crippen molar-refractivity contribution in [1.82, 2.24) is 0 Å². The molecule has 1 atom stereocenters. The predicted molar refractivity (Wildman–Crippen MR) is 76.0 cm³/mol. The average Bonchev–Trinajstić information content (AvgIpc) is 2.51. The summed E-state index contributed by atoms with van der Waals surface area (Å²) in [4.78, 5) is 1.54. The Morgan fingerprint density at radius 1 is 0.923 bits per heavy atom. The van der Waals surface area contributed by atoms with E-state index in [0.29, 0.717) is 5.69 Å². The molecule has 150 valence electrons. The molecule has 0 aliphatic heterocycles. The lowest BCUT2D eigenvalue weighted by molar-refractivity contribution is -0.398. The van der Waals surface area contributed by atoms with Gasteiger partial charge in [-0.2, -0.15) is 39.5 Å². The first-order valence-electron chi connectivity index (χ1n) is 7.08. The van der Waals surface area contributed by atoms with Crippen LogP contribution in [0.3, 0.4) is 0 Å². The summed E-state index contributed by atoms with van der Waals surface area (Å²) < 4.78 is 121. The highest BCUT2D eigenvalue weighted by atomic mass is 19.4. The van der Waals surface area contributed by atoms with Gasteiger partial charge in [0, 0.05) is 33.3 Å². The van der Waals surface area contributed by atoms with Crippen LogP contribution in [0.1, 0.15) is 18.1 Å². The summed E-state index contributed by atoms with van der Waals surface area (Å²) in [5, 5.41) is 0. The monoisotopic (exact) mass is 397 g/mol. The number of ether oxygens (including phenoxy) is 1. The van der Waals surface area contributed by atoms with Gasteiger partial charge in [0.1, 0.15) is 0 Å². The quantitative estimate of drug-likeness (QED) is 0.579. The van der Waals surface area contributed by atoms with Gasteiger partial charge in [0.05, 0.1) is 6.10 Å². The van der Waals surface area contributed by atoms with Crippen molar-refractivity contribution >= 4 is 5.69 Å². The van der Waals surface area contributed by atoms with Gasteiger partial charge in [0.2, 0.25) is 0 Å². The topological polar surface area (TPSA) is 12.5 Å². The van der Waals surface area contributed by atoms with Crippen molar-refractivity contribution in [2.75, 3.05) is 26.1 Å². The molecule has 0 spiro atoms. The Labute approximate surface area is 143 Å². The molecule has 0 fully saturated rings. The van der Waals surface area contributed by atoms with Gasteiger partial charge in [0.15, 0.2) is 0 Å². The minimum Gasteiger partial charge on any atom is -0.378 e. The fourth-order valence-electron chi connectivity index (χ4n) is 2.11. The minimum absolute atomic E-state index is 0.0792. The molecule has 0 saturated heterocycles. The molecule has 0 aromatic heterocycles. The first kappa shape index (κ1) is 22.4. The van der Waals surface area contributed by atoms with E-state index in [0.717, 1.165) is 7.11 Å². The SMILES string of the molecule is COC(CC(F)(F)C(F)(F)C(F)(F)C(F)(F)F)c1cccc(N(C)C)c1. The number of hydrogen-bond donors (Lipinski definition) is 0. The molecular formula is C15H16F9NO. The van der Waals surface area contributed by atoms with Crippen molar-refractivity contribution in [1.29, 1.82) is 0 Å². The van der Waals surface area contributed by atoms with Crippen LogP contribution in [-0.2, 0) is 4.74 Å². The second-order valence-corrected chi connectivity index (χ2v) is 5.77. The van der Waals surface area contributed by atoms with Gasteiger partial charge in [0.25, 0.3) is 0 Å². The second-order valence-electron chi connectivity index (χ2n) is 5.77. The van der Waals surface area contributed by atoms with Gasteiger partial charge < -0.3 is 9.64 Å². The van der Waals surface area contributed by atoms with Crippen LogP contribution in [0.2, 0.25) is 0 Å². The Hall–Kier alpha value is -1.65. The molecule has 26 heavy (non-hydrogen) atoms. The number of halogens is 9. The minimum atomic E-state index is -6.91. The zero-order valence-corrected chi connectivity index (χ0v) is 13.9. The largest absolute Gasteiger partial charge is 0.460 e. The lowest BCUT2D eigenvalue weighted by atomic mass is 9.95. The van der Waals surface area contributed by atoms with Crippen molar-refractivity contribution < 1.29 is 44.3 Å². The second kappa shape index (κ2) is 7.16. The molecule has 1 rings (SSSR count). The zero-order valence-electron chi connectivity index (χ0n) is 13.9. The molecule has 0 bridgehead atoms. The van der Waals surface area contributed by atoms with Crippen molar-refractivity contribution in [3.05, 3.63) is 29.8 Å². The molecule has 2 nitrogen and oxygen atoms in total. The first-order chi connectivity index (χ1) is 11.6. The van der Waals surface area contributed by atoms with Crippen molar-refractivity contribution in [3.8, 4) is 0 Å². The maximum Gasteiger partial charge on any atom is 0.460 e. The van der Waals surface area contributed by atoms with Crippen LogP contribution in [0.4, 0.5) is 45.2 Å². The van der Waals surface area contributed by atoms with E-state index in [9.17, 15) is 39.5 Å². The standard InChI is InChI=1S/C15H16F9NO/c1-25(2)10-6-4-5-9(7-10)11(26-3)8-12(16,17)13(18,19)14(20,21)15(22,23)24/h4-7,11H,8H2,1-3H3. The molecule has 1 aromatic carbocycles. The third-order valence-corrected chi connectivity index (χ3v) is 3.69. The molecule has 0 aliphatic rings. The number of hydrogen-bond acceptors (Lipinski definition) is 2. The first-order valence-corrected chi connectivity index (χ1v) is 7.08. The fraction of sp³-hybridized carbons (Fsp3) is 0.600. The van der Waals surface area contributed by atoms with Crippen molar-refractivity contribution in [3.63, 3.8) is 0 Å². The predicted octanol–water partition coefficient (Wildman–Crippen LogP) is 5.30. The number of anilines is 1. The van der Waals surface area contributed by atoms with E-state index >= 15 is 0 Å². The Balaban J connectivity index is 3.22. The van der Waals surface area contributed by atoms with Crippen molar-refractivity contribution in [2.24, 2.45) is 0 Å². The molecule has 1 aromatic rings. The Bertz CT molecular complexity index is 613. The number of nitrogens with zero attached hydrogens (tertiary/aromatic N) is 1. The van der Waals surface area contributed by atoms with Gasteiger partial charge in [-0.25, -0.2) is 0 Å². The van der Waals surface area contributed by atoms with E-state index in [1.165, 1.54) is 18.2 Å². The highest BCUT2D eigenvalue weighted by Crippen LogP contribution is 2.55. The summed E-state index contributed by atoms with van der Waals surface area (Å²) in [7, 11) is 4.03. The smallest absolute Gasteiger partial charge is 0.378 e. The lowest BCUT2D eigenvalue weighted by Crippen LogP contribution is -2.61. The van der Waals surface area contributed by atoms with Crippen LogP contribution in [0.25, 0.3) is 0 Å². The van der Waals surface area contributed by atoms with E-state index < -0.39 is 36.5 Å². The van der Waals surface area contributed by atoms with Crippen LogP contribution in [0, 0.1) is 0 Å². The lowest BCUT2D eigenvalue weighted by Gasteiger charge is -2.35. The van der Waals surface area contributed by atoms with Gasteiger partial charge >= 0.3 is 23.9 Å². The number of methoxy groups -OCH3 is 1. The summed E-state index contributed by atoms with van der Waals surface area (Å²) in [6, 6.07) is 5.39. The molecule has 0 heterocycles. The van der Waals surface area contributed by atoms with Crippen LogP contribution in [-0.4, -0.2) is 45.1 Å². The highest BCUT2D eigenvalue weighted by Gasteiger charge is 2.81. The summed E-state index contributed by atoms with van der Waals surface area (Å²) in [5.41, 5.74) is 0.379. The normalized spacial score (nSPS) is 15.1. The van der Waals surface area contributed by atoms with E-state index in [1.54, 1.807) is 25.1 Å². The fourth-order valence-corrected chi connectivity index (χ4v) is 2.11. The Kier molecular flexibility index (Phi) is 6.17. The summed E-state index contributed by atoms with van der Waals surface area (Å²) in [6.45, 7) is 0. The Morgan fingerprint density at radius 2 is 1.46 bits per heavy atom. The van der Waals surface area contributed by atoms with Gasteiger partial charge in [-0.1, -0.05) is 12.1 Å². The van der Waals surface area contributed by atoms with Crippen molar-refractivity contribution in [2.45, 2.75) is 36.5 Å². The van der Waals surface area contributed by atoms with Gasteiger partial charge in [-0.05, 0) is 17.7 Å². The van der Waals surface area contributed by atoms with E-state index in [2.05, 4.69) is 4.74 Å². The van der Waals surface area contributed by atoms with Crippen LogP contribution in [0.5, 0.6) is 0 Å². The van der Waals surface area contributed by atoms with E-state index in [1.807, 2.05) is 0 Å². The van der Waals surface area contributed by atoms with Crippen LogP contribution >= 0.6 is 0 Å². The molecule has 0 amide bonds. The zero-order chi connectivity index (χ0) is 20.6. The average molecular weight is 397 g/mol. The van der Waals surface area contributed by atoms with Crippen LogP contribution in [0.15, 0.2) is 24.3 Å². The molecule has 0 saturated carbocycles. The third-order valence-electron chi connectivity index (χ3n) is 3.69. The molecule has 1 unspecified atom stereocenters. The summed E-state index contributed by atoms with van der Waals surface area (Å²) >= 11 is 0. The number of rotatable bonds is 7. The highest BCUT2D eigenvalue weighted by molar-refractivity contribution is 5.47. The summed E-state index contributed by atoms with van der Waals surface area (Å²) in [6.07, 6.45) is -10.7. The Morgan fingerprint density at radius 3 is 1.88 bits per heavy atom. The van der Waals surface area contributed by atoms with Gasteiger partial charge in [-0.15, -0.1) is 0 Å². The molecular weight excluding hydrogens is 381 g/mol. The molecule has 11 heteroatoms. The van der Waals surface area contributed by atoms with Gasteiger partial charge in [-0.3, -0.25) is 0 Å². The number of alkyl halides is 9. The maximum absolute atomic E-state index is 13.8. The molecule has 0 radical (unpaired) electrons. The third kappa shape index (κ3) is 4.02. The van der Waals surface area contributed by atoms with E-state index in [-0.39, 0.29) is 5.56 Å². The summed E-state index contributed by atoms with van der Waals surface area (Å²) in [5.74, 6) is -19.3.